The smallest absolute Gasteiger partial charge is 0.164 e. The Kier molecular flexibility index (Phi) is 5.58. The van der Waals surface area contributed by atoms with Crippen LogP contribution in [0.25, 0.3) is 96.9 Å². The Morgan fingerprint density at radius 3 is 1.30 bits per heavy atom. The molecule has 4 heterocycles. The van der Waals surface area contributed by atoms with E-state index >= 15 is 0 Å². The topological polar surface area (TPSA) is 52.1 Å². The SMILES string of the molecule is c1ccc(-c2ccc3cc(-c4nc5cc6cc7sc(-c8cc9ccc(-c%10ccccc%10)cc9o8)nc7cc6cc5s4)oc3c2)cc1. The minimum atomic E-state index is 0.791. The van der Waals surface area contributed by atoms with E-state index in [1.165, 1.54) is 11.1 Å². The Hall–Kier alpha value is -5.56. The van der Waals surface area contributed by atoms with Gasteiger partial charge in [0.15, 0.2) is 21.5 Å². The van der Waals surface area contributed by atoms with Gasteiger partial charge in [0.05, 0.1) is 20.4 Å². The van der Waals surface area contributed by atoms with Gasteiger partial charge in [-0.15, -0.1) is 22.7 Å². The summed E-state index contributed by atoms with van der Waals surface area (Å²) in [5, 5.41) is 6.18. The summed E-state index contributed by atoms with van der Waals surface area (Å²) in [5.74, 6) is 1.58. The molecule has 10 rings (SSSR count). The van der Waals surface area contributed by atoms with Crippen LogP contribution in [0.4, 0.5) is 0 Å². The van der Waals surface area contributed by atoms with Gasteiger partial charge in [0.2, 0.25) is 0 Å². The molecule has 0 aliphatic heterocycles. The molecule has 0 aliphatic carbocycles. The number of aromatic nitrogens is 2. The van der Waals surface area contributed by atoms with Crippen LogP contribution in [0.3, 0.4) is 0 Å². The first-order chi connectivity index (χ1) is 22.7. The largest absolute Gasteiger partial charge is 0.454 e. The molecule has 0 bridgehead atoms. The second kappa shape index (κ2) is 9.97. The minimum Gasteiger partial charge on any atom is -0.454 e. The fourth-order valence-corrected chi connectivity index (χ4v) is 8.10. The molecule has 0 saturated carbocycles. The van der Waals surface area contributed by atoms with Crippen LogP contribution in [0.15, 0.2) is 142 Å². The fourth-order valence-electron chi connectivity index (χ4n) is 6.20. The number of hydrogen-bond acceptors (Lipinski definition) is 6. The van der Waals surface area contributed by atoms with Gasteiger partial charge >= 0.3 is 0 Å². The summed E-state index contributed by atoms with van der Waals surface area (Å²) in [5.41, 5.74) is 8.28. The van der Waals surface area contributed by atoms with Crippen molar-refractivity contribution in [1.29, 1.82) is 0 Å². The molecule has 10 aromatic rings. The van der Waals surface area contributed by atoms with Gasteiger partial charge in [0, 0.05) is 10.8 Å². The van der Waals surface area contributed by atoms with Crippen LogP contribution in [0, 0.1) is 0 Å². The molecule has 0 fully saturated rings. The van der Waals surface area contributed by atoms with Crippen molar-refractivity contribution < 1.29 is 8.83 Å². The lowest BCUT2D eigenvalue weighted by Crippen LogP contribution is -1.76. The lowest BCUT2D eigenvalue weighted by Gasteiger charge is -2.00. The molecule has 0 saturated heterocycles. The van der Waals surface area contributed by atoms with Crippen molar-refractivity contribution in [2.24, 2.45) is 0 Å². The van der Waals surface area contributed by atoms with Crippen LogP contribution >= 0.6 is 22.7 Å². The van der Waals surface area contributed by atoms with Gasteiger partial charge < -0.3 is 8.83 Å². The molecular formula is C40H22N2O2S2. The number of benzene rings is 6. The molecule has 0 N–H and O–H groups in total. The number of fused-ring (bicyclic) bond motifs is 5. The van der Waals surface area contributed by atoms with Crippen molar-refractivity contribution in [1.82, 2.24) is 9.97 Å². The standard InChI is InChI=1S/C40H22N2O2S2/c1-3-7-23(8-4-1)25-11-13-27-19-35(43-33(27)17-25)39-41-31-15-29-22-38-32(16-30(29)21-37(31)45-39)42-40(46-38)36-20-28-14-12-26(18-34(28)44-36)24-9-5-2-6-10-24/h1-22H. The summed E-state index contributed by atoms with van der Waals surface area (Å²) >= 11 is 3.31. The minimum absolute atomic E-state index is 0.791. The first-order valence-electron chi connectivity index (χ1n) is 15.0. The molecule has 6 aromatic carbocycles. The number of thiazole rings is 2. The van der Waals surface area contributed by atoms with E-state index in [0.29, 0.717) is 0 Å². The summed E-state index contributed by atoms with van der Waals surface area (Å²) in [6.45, 7) is 0. The van der Waals surface area contributed by atoms with Crippen molar-refractivity contribution in [3.8, 4) is 43.8 Å². The molecule has 6 heteroatoms. The molecular weight excluding hydrogens is 605 g/mol. The quantitative estimate of drug-likeness (QED) is 0.195. The Morgan fingerprint density at radius 1 is 0.391 bits per heavy atom. The zero-order valence-electron chi connectivity index (χ0n) is 24.2. The maximum atomic E-state index is 6.33. The van der Waals surface area contributed by atoms with E-state index in [-0.39, 0.29) is 0 Å². The number of nitrogens with zero attached hydrogens (tertiary/aromatic N) is 2. The van der Waals surface area contributed by atoms with Crippen LogP contribution in [-0.4, -0.2) is 9.97 Å². The third-order valence-corrected chi connectivity index (χ3v) is 10.6. The van der Waals surface area contributed by atoms with Crippen LogP contribution in [0.1, 0.15) is 0 Å². The van der Waals surface area contributed by atoms with E-state index in [1.54, 1.807) is 22.7 Å². The highest BCUT2D eigenvalue weighted by Gasteiger charge is 2.16. The first kappa shape index (κ1) is 25.7. The predicted molar refractivity (Wildman–Crippen MR) is 192 cm³/mol. The van der Waals surface area contributed by atoms with E-state index in [9.17, 15) is 0 Å². The summed E-state index contributed by atoms with van der Waals surface area (Å²) in [7, 11) is 0. The maximum absolute atomic E-state index is 6.33. The van der Waals surface area contributed by atoms with Crippen molar-refractivity contribution in [2.45, 2.75) is 0 Å². The van der Waals surface area contributed by atoms with E-state index in [0.717, 1.165) is 85.8 Å². The second-order valence-electron chi connectivity index (χ2n) is 11.5. The predicted octanol–water partition coefficient (Wildman–Crippen LogP) is 12.2. The van der Waals surface area contributed by atoms with Gasteiger partial charge in [-0.1, -0.05) is 84.9 Å². The third kappa shape index (κ3) is 4.26. The zero-order valence-corrected chi connectivity index (χ0v) is 25.9. The molecule has 0 unspecified atom stereocenters. The van der Waals surface area contributed by atoms with Gasteiger partial charge in [0.1, 0.15) is 11.2 Å². The molecule has 0 radical (unpaired) electrons. The van der Waals surface area contributed by atoms with Crippen molar-refractivity contribution in [3.05, 3.63) is 133 Å². The summed E-state index contributed by atoms with van der Waals surface area (Å²) in [6, 6.07) is 46.4. The fraction of sp³-hybridized carbons (Fsp3) is 0. The Balaban J connectivity index is 0.996. The highest BCUT2D eigenvalue weighted by atomic mass is 32.1. The second-order valence-corrected chi connectivity index (χ2v) is 13.5. The van der Waals surface area contributed by atoms with Crippen molar-refractivity contribution in [3.63, 3.8) is 0 Å². The summed E-state index contributed by atoms with van der Waals surface area (Å²) < 4.78 is 14.9. The molecule has 0 amide bonds. The highest BCUT2D eigenvalue weighted by Crippen LogP contribution is 2.40. The summed E-state index contributed by atoms with van der Waals surface area (Å²) in [4.78, 5) is 9.99. The lowest BCUT2D eigenvalue weighted by atomic mass is 10.0. The normalized spacial score (nSPS) is 11.9. The third-order valence-electron chi connectivity index (χ3n) is 8.53. The molecule has 4 nitrogen and oxygen atoms in total. The molecule has 4 aromatic heterocycles. The van der Waals surface area contributed by atoms with E-state index in [4.69, 9.17) is 18.8 Å². The van der Waals surface area contributed by atoms with Gasteiger partial charge in [-0.05, 0) is 81.6 Å². The lowest BCUT2D eigenvalue weighted by molar-refractivity contribution is 0.631. The van der Waals surface area contributed by atoms with Gasteiger partial charge in [-0.3, -0.25) is 0 Å². The summed E-state index contributed by atoms with van der Waals surface area (Å²) in [6.07, 6.45) is 0. The average molecular weight is 627 g/mol. The Labute approximate surface area is 270 Å². The first-order valence-corrected chi connectivity index (χ1v) is 16.7. The van der Waals surface area contributed by atoms with Gasteiger partial charge in [-0.2, -0.15) is 0 Å². The number of furan rings is 2. The Bertz CT molecular complexity index is 2490. The molecule has 216 valence electrons. The van der Waals surface area contributed by atoms with Crippen molar-refractivity contribution >= 4 is 75.8 Å². The van der Waals surface area contributed by atoms with Crippen molar-refractivity contribution in [2.75, 3.05) is 0 Å². The van der Waals surface area contributed by atoms with E-state index in [1.807, 2.05) is 12.1 Å². The van der Waals surface area contributed by atoms with Crippen LogP contribution in [-0.2, 0) is 0 Å². The molecule has 0 aliphatic rings. The van der Waals surface area contributed by atoms with Gasteiger partial charge in [-0.25, -0.2) is 9.97 Å². The van der Waals surface area contributed by atoms with E-state index < -0.39 is 0 Å². The van der Waals surface area contributed by atoms with Crippen LogP contribution in [0.5, 0.6) is 0 Å². The van der Waals surface area contributed by atoms with Crippen LogP contribution in [0.2, 0.25) is 0 Å². The zero-order chi connectivity index (χ0) is 30.2. The van der Waals surface area contributed by atoms with Gasteiger partial charge in [0.25, 0.3) is 0 Å². The number of rotatable bonds is 4. The van der Waals surface area contributed by atoms with E-state index in [2.05, 4.69) is 121 Å². The molecule has 46 heavy (non-hydrogen) atoms. The number of hydrogen-bond donors (Lipinski definition) is 0. The molecule has 0 spiro atoms. The molecule has 0 atom stereocenters. The monoisotopic (exact) mass is 626 g/mol. The average Bonchev–Trinajstić information content (AvgIpc) is 3.90. The highest BCUT2D eigenvalue weighted by molar-refractivity contribution is 7.22. The van der Waals surface area contributed by atoms with Crippen LogP contribution < -0.4 is 0 Å². The Morgan fingerprint density at radius 2 is 0.848 bits per heavy atom. The maximum Gasteiger partial charge on any atom is 0.164 e.